The lowest BCUT2D eigenvalue weighted by molar-refractivity contribution is 0.0409. The average Bonchev–Trinajstić information content (AvgIpc) is 3.48. The number of nitrogens with zero attached hydrogens (tertiary/aromatic N) is 4. The van der Waals surface area contributed by atoms with Crippen molar-refractivity contribution in [1.29, 1.82) is 0 Å². The lowest BCUT2D eigenvalue weighted by atomic mass is 10.3. The minimum Gasteiger partial charge on any atom is -0.390 e. The number of anilines is 1. The van der Waals surface area contributed by atoms with E-state index < -0.39 is 6.10 Å². The monoisotopic (exact) mass is 450 g/mol. The van der Waals surface area contributed by atoms with Gasteiger partial charge in [-0.2, -0.15) is 0 Å². The van der Waals surface area contributed by atoms with Gasteiger partial charge in [-0.1, -0.05) is 41.6 Å². The maximum atomic E-state index is 10.3. The Kier molecular flexibility index (Phi) is 7.10. The third kappa shape index (κ3) is 5.13. The molecule has 1 N–H and O–H groups in total. The molecule has 1 unspecified atom stereocenters. The molecule has 0 radical (unpaired) electrons. The summed E-state index contributed by atoms with van der Waals surface area (Å²) in [6, 6.07) is 11.7. The molecule has 0 bridgehead atoms. The van der Waals surface area contributed by atoms with Crippen LogP contribution in [0.1, 0.15) is 17.7 Å². The Morgan fingerprint density at radius 3 is 2.76 bits per heavy atom. The molecule has 0 saturated carbocycles. The lowest BCUT2D eigenvalue weighted by Crippen LogP contribution is -2.22. The van der Waals surface area contributed by atoms with Crippen LogP contribution in [0.3, 0.4) is 0 Å². The van der Waals surface area contributed by atoms with Crippen LogP contribution >= 0.6 is 34.7 Å². The van der Waals surface area contributed by atoms with Crippen LogP contribution in [0.2, 0.25) is 5.02 Å². The SMILES string of the molecule is OC(COCc1cccs1)CSc1nnc(N2CCCC2)n1-c1ccccc1Cl. The van der Waals surface area contributed by atoms with Gasteiger partial charge in [-0.25, -0.2) is 0 Å². The fourth-order valence-electron chi connectivity index (χ4n) is 3.23. The van der Waals surface area contributed by atoms with Gasteiger partial charge in [0.1, 0.15) is 0 Å². The second-order valence-corrected chi connectivity index (χ2v) is 9.25. The van der Waals surface area contributed by atoms with Gasteiger partial charge >= 0.3 is 0 Å². The van der Waals surface area contributed by atoms with Gasteiger partial charge in [0.15, 0.2) is 5.16 Å². The third-order valence-corrected chi connectivity index (χ3v) is 6.88. The van der Waals surface area contributed by atoms with Crippen molar-refractivity contribution >= 4 is 40.6 Å². The molecule has 1 aliphatic rings. The first-order valence-electron chi connectivity index (χ1n) is 9.58. The summed E-state index contributed by atoms with van der Waals surface area (Å²) in [5.74, 6) is 1.27. The molecule has 4 rings (SSSR count). The molecule has 3 aromatic rings. The summed E-state index contributed by atoms with van der Waals surface area (Å²) in [7, 11) is 0. The summed E-state index contributed by atoms with van der Waals surface area (Å²) in [5.41, 5.74) is 0.854. The van der Waals surface area contributed by atoms with E-state index in [-0.39, 0.29) is 6.61 Å². The predicted molar refractivity (Wildman–Crippen MR) is 119 cm³/mol. The van der Waals surface area contributed by atoms with E-state index in [4.69, 9.17) is 16.3 Å². The highest BCUT2D eigenvalue weighted by Gasteiger charge is 2.24. The van der Waals surface area contributed by atoms with Crippen molar-refractivity contribution in [2.75, 3.05) is 30.3 Å². The zero-order valence-electron chi connectivity index (χ0n) is 15.9. The van der Waals surface area contributed by atoms with E-state index >= 15 is 0 Å². The first-order valence-corrected chi connectivity index (χ1v) is 11.8. The summed E-state index contributed by atoms with van der Waals surface area (Å²) in [6.07, 6.45) is 1.71. The Morgan fingerprint density at radius 1 is 1.17 bits per heavy atom. The van der Waals surface area contributed by atoms with Crippen LogP contribution in [0.5, 0.6) is 0 Å². The molecule has 2 aromatic heterocycles. The fourth-order valence-corrected chi connectivity index (χ4v) is 4.94. The van der Waals surface area contributed by atoms with Gasteiger partial charge < -0.3 is 14.7 Å². The molecule has 0 aliphatic carbocycles. The highest BCUT2D eigenvalue weighted by Crippen LogP contribution is 2.32. The Balaban J connectivity index is 1.44. The van der Waals surface area contributed by atoms with E-state index in [1.807, 2.05) is 46.3 Å². The number of ether oxygens (including phenoxy) is 1. The van der Waals surface area contributed by atoms with Gasteiger partial charge in [-0.3, -0.25) is 4.57 Å². The van der Waals surface area contributed by atoms with Crippen molar-refractivity contribution in [2.45, 2.75) is 30.7 Å². The van der Waals surface area contributed by atoms with Crippen LogP contribution in [0.15, 0.2) is 46.9 Å². The number of para-hydroxylation sites is 1. The number of aliphatic hydroxyl groups is 1. The van der Waals surface area contributed by atoms with Crippen molar-refractivity contribution in [2.24, 2.45) is 0 Å². The summed E-state index contributed by atoms with van der Waals surface area (Å²) in [6.45, 7) is 2.73. The molecular weight excluding hydrogens is 428 g/mol. The van der Waals surface area contributed by atoms with Gasteiger partial charge in [0.2, 0.25) is 5.95 Å². The van der Waals surface area contributed by atoms with Crippen LogP contribution in [0.4, 0.5) is 5.95 Å². The van der Waals surface area contributed by atoms with E-state index in [0.717, 1.165) is 47.6 Å². The summed E-state index contributed by atoms with van der Waals surface area (Å²) in [5, 5.41) is 22.6. The Bertz CT molecular complexity index is 913. The van der Waals surface area contributed by atoms with Crippen molar-refractivity contribution in [3.63, 3.8) is 0 Å². The maximum absolute atomic E-state index is 10.3. The normalized spacial score (nSPS) is 15.2. The molecule has 0 amide bonds. The second kappa shape index (κ2) is 9.95. The van der Waals surface area contributed by atoms with Crippen LogP contribution in [-0.4, -0.2) is 51.4 Å². The van der Waals surface area contributed by atoms with Crippen LogP contribution in [0.25, 0.3) is 5.69 Å². The zero-order chi connectivity index (χ0) is 20.1. The number of rotatable bonds is 9. The molecule has 1 fully saturated rings. The van der Waals surface area contributed by atoms with E-state index in [1.165, 1.54) is 11.8 Å². The number of halogens is 1. The van der Waals surface area contributed by atoms with Gasteiger partial charge in [0.25, 0.3) is 0 Å². The smallest absolute Gasteiger partial charge is 0.232 e. The van der Waals surface area contributed by atoms with Crippen molar-refractivity contribution in [3.05, 3.63) is 51.7 Å². The van der Waals surface area contributed by atoms with Crippen LogP contribution in [0, 0.1) is 0 Å². The molecule has 1 saturated heterocycles. The highest BCUT2D eigenvalue weighted by atomic mass is 35.5. The standard InChI is InChI=1S/C20H23ClN4O2S2/c21-17-7-1-2-8-18(17)25-19(24-9-3-4-10-24)22-23-20(25)29-14-15(26)12-27-13-16-6-5-11-28-16/h1-2,5-8,11,15,26H,3-4,9-10,12-14H2. The number of benzene rings is 1. The molecule has 29 heavy (non-hydrogen) atoms. The summed E-state index contributed by atoms with van der Waals surface area (Å²) in [4.78, 5) is 3.39. The first-order chi connectivity index (χ1) is 14.2. The number of hydrogen-bond donors (Lipinski definition) is 1. The molecule has 1 atom stereocenters. The maximum Gasteiger partial charge on any atom is 0.232 e. The Labute approximate surface area is 183 Å². The Hall–Kier alpha value is -1.58. The quantitative estimate of drug-likeness (QED) is 0.491. The summed E-state index contributed by atoms with van der Waals surface area (Å²) >= 11 is 9.59. The first kappa shape index (κ1) is 20.7. The largest absolute Gasteiger partial charge is 0.390 e. The molecule has 9 heteroatoms. The predicted octanol–water partition coefficient (Wildman–Crippen LogP) is 4.25. The minimum atomic E-state index is -0.591. The molecule has 6 nitrogen and oxygen atoms in total. The van der Waals surface area contributed by atoms with E-state index in [0.29, 0.717) is 17.4 Å². The minimum absolute atomic E-state index is 0.282. The number of aromatic nitrogens is 3. The van der Waals surface area contributed by atoms with E-state index in [1.54, 1.807) is 11.3 Å². The third-order valence-electron chi connectivity index (χ3n) is 4.64. The Morgan fingerprint density at radius 2 is 2.00 bits per heavy atom. The van der Waals surface area contributed by atoms with Crippen LogP contribution in [-0.2, 0) is 11.3 Å². The van der Waals surface area contributed by atoms with Gasteiger partial charge in [0, 0.05) is 23.7 Å². The fraction of sp³-hybridized carbons (Fsp3) is 0.400. The highest BCUT2D eigenvalue weighted by molar-refractivity contribution is 7.99. The number of aliphatic hydroxyl groups excluding tert-OH is 1. The lowest BCUT2D eigenvalue weighted by Gasteiger charge is -2.19. The van der Waals surface area contributed by atoms with Crippen molar-refractivity contribution < 1.29 is 9.84 Å². The van der Waals surface area contributed by atoms with Crippen molar-refractivity contribution in [1.82, 2.24) is 14.8 Å². The van der Waals surface area contributed by atoms with Gasteiger partial charge in [-0.15, -0.1) is 21.5 Å². The molecule has 3 heterocycles. The van der Waals surface area contributed by atoms with Crippen LogP contribution < -0.4 is 4.90 Å². The van der Waals surface area contributed by atoms with E-state index in [9.17, 15) is 5.11 Å². The topological polar surface area (TPSA) is 63.4 Å². The molecule has 0 spiro atoms. The van der Waals surface area contributed by atoms with Gasteiger partial charge in [-0.05, 0) is 36.4 Å². The molecular formula is C20H23ClN4O2S2. The number of thiophene rings is 1. The van der Waals surface area contributed by atoms with Gasteiger partial charge in [0.05, 0.1) is 30.0 Å². The van der Waals surface area contributed by atoms with E-state index in [2.05, 4.69) is 15.1 Å². The zero-order valence-corrected chi connectivity index (χ0v) is 18.3. The summed E-state index contributed by atoms with van der Waals surface area (Å²) < 4.78 is 7.62. The molecule has 1 aromatic carbocycles. The average molecular weight is 451 g/mol. The number of thioether (sulfide) groups is 1. The number of hydrogen-bond acceptors (Lipinski definition) is 7. The molecule has 154 valence electrons. The molecule has 1 aliphatic heterocycles. The second-order valence-electron chi connectivity index (χ2n) is 6.82. The van der Waals surface area contributed by atoms with Crippen molar-refractivity contribution in [3.8, 4) is 5.69 Å².